The van der Waals surface area contributed by atoms with E-state index < -0.39 is 4.92 Å². The molecule has 0 spiro atoms. The lowest BCUT2D eigenvalue weighted by Crippen LogP contribution is -1.98. The van der Waals surface area contributed by atoms with Crippen LogP contribution in [0.25, 0.3) is 0 Å². The Morgan fingerprint density at radius 1 is 1.57 bits per heavy atom. The Labute approximate surface area is 82.7 Å². The summed E-state index contributed by atoms with van der Waals surface area (Å²) in [5.41, 5.74) is 0.683. The third-order valence-corrected chi connectivity index (χ3v) is 1.96. The average molecular weight is 194 g/mol. The van der Waals surface area contributed by atoms with Crippen molar-refractivity contribution in [1.82, 2.24) is 0 Å². The summed E-state index contributed by atoms with van der Waals surface area (Å²) >= 11 is 0. The van der Waals surface area contributed by atoms with Gasteiger partial charge in [0, 0.05) is 11.6 Å². The maximum atomic E-state index is 10.7. The molecule has 0 bridgehead atoms. The number of methoxy groups -OCH3 is 1. The maximum absolute atomic E-state index is 10.7. The quantitative estimate of drug-likeness (QED) is 0.548. The molecule has 1 rings (SSSR count). The predicted octanol–water partition coefficient (Wildman–Crippen LogP) is 2.54. The molecule has 0 amide bonds. The minimum atomic E-state index is -0.406. The molecule has 1 radical (unpaired) electrons. The zero-order valence-corrected chi connectivity index (χ0v) is 8.19. The highest BCUT2D eigenvalue weighted by Gasteiger charge is 2.16. The molecular formula is C10H12NO3. The molecule has 0 heterocycles. The van der Waals surface area contributed by atoms with Gasteiger partial charge in [-0.3, -0.25) is 10.1 Å². The molecule has 1 unspecified atom stereocenters. The molecule has 4 heteroatoms. The van der Waals surface area contributed by atoms with Crippen molar-refractivity contribution in [3.63, 3.8) is 0 Å². The number of benzene rings is 1. The van der Waals surface area contributed by atoms with Gasteiger partial charge in [-0.15, -0.1) is 0 Å². The van der Waals surface area contributed by atoms with E-state index in [1.54, 1.807) is 12.1 Å². The zero-order chi connectivity index (χ0) is 10.7. The lowest BCUT2D eigenvalue weighted by Gasteiger charge is -2.07. The van der Waals surface area contributed by atoms with Crippen LogP contribution in [0.5, 0.6) is 5.75 Å². The van der Waals surface area contributed by atoms with Crippen molar-refractivity contribution < 1.29 is 9.66 Å². The highest BCUT2D eigenvalue weighted by atomic mass is 16.6. The van der Waals surface area contributed by atoms with Gasteiger partial charge < -0.3 is 4.74 Å². The van der Waals surface area contributed by atoms with Crippen LogP contribution in [-0.2, 0) is 0 Å². The molecule has 4 nitrogen and oxygen atoms in total. The molecule has 1 aromatic carbocycles. The van der Waals surface area contributed by atoms with Gasteiger partial charge >= 0.3 is 0 Å². The van der Waals surface area contributed by atoms with Gasteiger partial charge in [-0.2, -0.15) is 0 Å². The van der Waals surface area contributed by atoms with Gasteiger partial charge in [0.2, 0.25) is 0 Å². The molecule has 0 aliphatic carbocycles. The van der Waals surface area contributed by atoms with Crippen molar-refractivity contribution >= 4 is 5.69 Å². The summed E-state index contributed by atoms with van der Waals surface area (Å²) in [6, 6.07) is 4.66. The Morgan fingerprint density at radius 3 is 2.64 bits per heavy atom. The van der Waals surface area contributed by atoms with E-state index in [1.807, 2.05) is 6.92 Å². The second kappa shape index (κ2) is 4.09. The van der Waals surface area contributed by atoms with Crippen molar-refractivity contribution in [3.05, 3.63) is 40.8 Å². The van der Waals surface area contributed by atoms with Crippen molar-refractivity contribution in [2.24, 2.45) is 0 Å². The molecule has 0 N–H and O–H groups in total. The van der Waals surface area contributed by atoms with Crippen LogP contribution in [0, 0.1) is 17.0 Å². The van der Waals surface area contributed by atoms with Crippen molar-refractivity contribution in [3.8, 4) is 5.75 Å². The summed E-state index contributed by atoms with van der Waals surface area (Å²) in [6.45, 7) is 5.57. The highest BCUT2D eigenvalue weighted by molar-refractivity contribution is 5.47. The van der Waals surface area contributed by atoms with Gasteiger partial charge in [0.25, 0.3) is 5.69 Å². The smallest absolute Gasteiger partial charge is 0.273 e. The van der Waals surface area contributed by atoms with Crippen LogP contribution < -0.4 is 4.74 Å². The van der Waals surface area contributed by atoms with E-state index in [2.05, 4.69) is 6.92 Å². The summed E-state index contributed by atoms with van der Waals surface area (Å²) in [5.74, 6) is 0.478. The fourth-order valence-corrected chi connectivity index (χ4v) is 1.22. The fourth-order valence-electron chi connectivity index (χ4n) is 1.22. The summed E-state index contributed by atoms with van der Waals surface area (Å²) in [7, 11) is 1.53. The zero-order valence-electron chi connectivity index (χ0n) is 8.19. The minimum Gasteiger partial charge on any atom is -0.497 e. The van der Waals surface area contributed by atoms with Crippen LogP contribution in [0.3, 0.4) is 0 Å². The molecule has 14 heavy (non-hydrogen) atoms. The fraction of sp³-hybridized carbons (Fsp3) is 0.300. The van der Waals surface area contributed by atoms with E-state index in [0.717, 1.165) is 0 Å². The third kappa shape index (κ3) is 2.02. The topological polar surface area (TPSA) is 52.4 Å². The van der Waals surface area contributed by atoms with Gasteiger partial charge in [0.15, 0.2) is 0 Å². The normalized spacial score (nSPS) is 10.3. The summed E-state index contributed by atoms with van der Waals surface area (Å²) < 4.78 is 4.99. The molecule has 0 saturated heterocycles. The van der Waals surface area contributed by atoms with Crippen molar-refractivity contribution in [1.29, 1.82) is 0 Å². The van der Waals surface area contributed by atoms with Crippen molar-refractivity contribution in [2.45, 2.75) is 12.8 Å². The second-order valence-electron chi connectivity index (χ2n) is 3.08. The monoisotopic (exact) mass is 194 g/mol. The van der Waals surface area contributed by atoms with Gasteiger partial charge in [0.05, 0.1) is 12.0 Å². The SMILES string of the molecule is [CH2]C(C)c1cc(OC)ccc1[N+](=O)[O-]. The average Bonchev–Trinajstić information content (AvgIpc) is 2.16. The van der Waals surface area contributed by atoms with E-state index in [0.29, 0.717) is 11.3 Å². The number of nitrogens with zero attached hydrogens (tertiary/aromatic N) is 1. The molecular weight excluding hydrogens is 182 g/mol. The van der Waals surface area contributed by atoms with Crippen LogP contribution >= 0.6 is 0 Å². The number of nitro groups is 1. The molecule has 0 saturated carbocycles. The summed E-state index contributed by atoms with van der Waals surface area (Å²) in [6.07, 6.45) is 0. The standard InChI is InChI=1S/C10H12NO3/c1-7(2)9-6-8(14-3)4-5-10(9)11(12)13/h4-7H,1H2,2-3H3. The van der Waals surface area contributed by atoms with E-state index >= 15 is 0 Å². The molecule has 0 fully saturated rings. The summed E-state index contributed by atoms with van der Waals surface area (Å²) in [5, 5.41) is 10.7. The lowest BCUT2D eigenvalue weighted by atomic mass is 10.0. The number of ether oxygens (including phenoxy) is 1. The number of rotatable bonds is 3. The Balaban J connectivity index is 3.24. The lowest BCUT2D eigenvalue weighted by molar-refractivity contribution is -0.385. The predicted molar refractivity (Wildman–Crippen MR) is 53.4 cm³/mol. The number of hydrogen-bond acceptors (Lipinski definition) is 3. The second-order valence-corrected chi connectivity index (χ2v) is 3.08. The van der Waals surface area contributed by atoms with Crippen LogP contribution in [0.1, 0.15) is 18.4 Å². The van der Waals surface area contributed by atoms with Gasteiger partial charge in [0.1, 0.15) is 5.75 Å². The van der Waals surface area contributed by atoms with E-state index in [1.165, 1.54) is 13.2 Å². The van der Waals surface area contributed by atoms with Crippen LogP contribution in [0.15, 0.2) is 18.2 Å². The molecule has 1 atom stereocenters. The molecule has 75 valence electrons. The first-order valence-electron chi connectivity index (χ1n) is 4.21. The Kier molecular flexibility index (Phi) is 3.06. The number of nitro benzene ring substituents is 1. The van der Waals surface area contributed by atoms with Crippen LogP contribution in [0.4, 0.5) is 5.69 Å². The maximum Gasteiger partial charge on any atom is 0.273 e. The first-order chi connectivity index (χ1) is 6.56. The van der Waals surface area contributed by atoms with E-state index in [4.69, 9.17) is 4.74 Å². The first kappa shape index (κ1) is 10.5. The van der Waals surface area contributed by atoms with E-state index in [9.17, 15) is 10.1 Å². The Hall–Kier alpha value is -1.58. The largest absolute Gasteiger partial charge is 0.497 e. The third-order valence-electron chi connectivity index (χ3n) is 1.96. The Morgan fingerprint density at radius 2 is 2.21 bits per heavy atom. The van der Waals surface area contributed by atoms with Gasteiger partial charge in [-0.05, 0) is 25.0 Å². The number of hydrogen-bond donors (Lipinski definition) is 0. The molecule has 0 aromatic heterocycles. The first-order valence-corrected chi connectivity index (χ1v) is 4.21. The highest BCUT2D eigenvalue weighted by Crippen LogP contribution is 2.29. The van der Waals surface area contributed by atoms with Crippen molar-refractivity contribution in [2.75, 3.05) is 7.11 Å². The minimum absolute atomic E-state index is 0.0910. The Bertz CT molecular complexity index is 347. The van der Waals surface area contributed by atoms with Gasteiger partial charge in [-0.25, -0.2) is 0 Å². The molecule has 0 aliphatic heterocycles. The molecule has 1 aromatic rings. The molecule has 0 aliphatic rings. The van der Waals surface area contributed by atoms with Crippen LogP contribution in [-0.4, -0.2) is 12.0 Å². The van der Waals surface area contributed by atoms with Gasteiger partial charge in [-0.1, -0.05) is 6.92 Å². The summed E-state index contributed by atoms with van der Waals surface area (Å²) in [4.78, 5) is 10.3. The van der Waals surface area contributed by atoms with E-state index in [-0.39, 0.29) is 11.6 Å². The van der Waals surface area contributed by atoms with Crippen LogP contribution in [0.2, 0.25) is 0 Å².